The Balaban J connectivity index is 1.96. The van der Waals surface area contributed by atoms with E-state index in [4.69, 9.17) is 16.3 Å². The normalized spacial score (nSPS) is 13.1. The van der Waals surface area contributed by atoms with Gasteiger partial charge in [-0.05, 0) is 62.2 Å². The number of rotatable bonds is 8. The summed E-state index contributed by atoms with van der Waals surface area (Å²) in [5.41, 5.74) is 1.06. The zero-order chi connectivity index (χ0) is 18.2. The molecule has 0 bridgehead atoms. The quantitative estimate of drug-likeness (QED) is 0.618. The summed E-state index contributed by atoms with van der Waals surface area (Å²) in [4.78, 5) is 13.7. The molecule has 25 heavy (non-hydrogen) atoms. The fraction of sp³-hybridized carbons (Fsp3) is 0.350. The molecule has 0 saturated carbocycles. The van der Waals surface area contributed by atoms with Gasteiger partial charge in [0.15, 0.2) is 0 Å². The van der Waals surface area contributed by atoms with Crippen molar-refractivity contribution >= 4 is 29.3 Å². The van der Waals surface area contributed by atoms with Crippen LogP contribution in [-0.4, -0.2) is 17.8 Å². The van der Waals surface area contributed by atoms with Crippen molar-refractivity contribution in [1.82, 2.24) is 5.32 Å². The molecule has 134 valence electrons. The van der Waals surface area contributed by atoms with E-state index in [0.29, 0.717) is 11.6 Å². The van der Waals surface area contributed by atoms with Gasteiger partial charge in [0.1, 0.15) is 5.75 Å². The van der Waals surface area contributed by atoms with Crippen molar-refractivity contribution in [3.63, 3.8) is 0 Å². The molecule has 2 aromatic carbocycles. The van der Waals surface area contributed by atoms with Crippen LogP contribution in [0.25, 0.3) is 0 Å². The van der Waals surface area contributed by atoms with E-state index >= 15 is 0 Å². The van der Waals surface area contributed by atoms with Crippen LogP contribution in [0.5, 0.6) is 5.75 Å². The molecule has 0 unspecified atom stereocenters. The highest BCUT2D eigenvalue weighted by atomic mass is 35.5. The fourth-order valence-corrected chi connectivity index (χ4v) is 3.50. The van der Waals surface area contributed by atoms with Gasteiger partial charge in [-0.2, -0.15) is 0 Å². The first kappa shape index (κ1) is 19.7. The van der Waals surface area contributed by atoms with Crippen LogP contribution in [-0.2, 0) is 4.79 Å². The van der Waals surface area contributed by atoms with E-state index in [9.17, 15) is 4.79 Å². The maximum absolute atomic E-state index is 12.6. The average molecular weight is 378 g/mol. The monoisotopic (exact) mass is 377 g/mol. The largest absolute Gasteiger partial charge is 0.494 e. The zero-order valence-electron chi connectivity index (χ0n) is 14.8. The Morgan fingerprint density at radius 1 is 1.12 bits per heavy atom. The minimum Gasteiger partial charge on any atom is -0.494 e. The Labute approximate surface area is 159 Å². The van der Waals surface area contributed by atoms with Crippen LogP contribution in [0.3, 0.4) is 0 Å². The number of carbonyl (C=O) groups excluding carboxylic acids is 1. The lowest BCUT2D eigenvalue weighted by molar-refractivity contribution is -0.121. The van der Waals surface area contributed by atoms with Crippen molar-refractivity contribution in [3.05, 3.63) is 59.1 Å². The Bertz CT molecular complexity index is 673. The number of nitrogens with one attached hydrogen (secondary N) is 1. The lowest BCUT2D eigenvalue weighted by Gasteiger charge is -2.19. The Hall–Kier alpha value is -1.65. The van der Waals surface area contributed by atoms with E-state index in [1.54, 1.807) is 11.8 Å². The summed E-state index contributed by atoms with van der Waals surface area (Å²) in [5.74, 6) is 0.887. The first-order chi connectivity index (χ1) is 12.0. The van der Waals surface area contributed by atoms with Crippen molar-refractivity contribution in [2.75, 3.05) is 6.61 Å². The summed E-state index contributed by atoms with van der Waals surface area (Å²) >= 11 is 7.48. The lowest BCUT2D eigenvalue weighted by Crippen LogP contribution is -2.34. The molecule has 3 nitrogen and oxygen atoms in total. The van der Waals surface area contributed by atoms with Gasteiger partial charge in [-0.25, -0.2) is 0 Å². The van der Waals surface area contributed by atoms with Crippen LogP contribution in [0, 0.1) is 0 Å². The maximum atomic E-state index is 12.6. The van der Waals surface area contributed by atoms with Crippen molar-refractivity contribution < 1.29 is 9.53 Å². The van der Waals surface area contributed by atoms with E-state index in [1.807, 2.05) is 69.3 Å². The number of hydrogen-bond acceptors (Lipinski definition) is 3. The minimum atomic E-state index is -0.133. The number of thioether (sulfide) groups is 1. The highest BCUT2D eigenvalue weighted by Crippen LogP contribution is 2.27. The molecule has 0 aliphatic rings. The number of halogens is 1. The summed E-state index contributed by atoms with van der Waals surface area (Å²) in [5, 5.41) is 3.67. The predicted octanol–water partition coefficient (Wildman–Crippen LogP) is 5.49. The van der Waals surface area contributed by atoms with Crippen LogP contribution in [0.15, 0.2) is 53.4 Å². The van der Waals surface area contributed by atoms with Gasteiger partial charge in [-0.3, -0.25) is 4.79 Å². The van der Waals surface area contributed by atoms with Gasteiger partial charge in [0.05, 0.1) is 17.9 Å². The van der Waals surface area contributed by atoms with E-state index < -0.39 is 0 Å². The Morgan fingerprint density at radius 2 is 1.76 bits per heavy atom. The van der Waals surface area contributed by atoms with Crippen LogP contribution in [0.1, 0.15) is 38.8 Å². The van der Waals surface area contributed by atoms with E-state index in [2.05, 4.69) is 5.32 Å². The van der Waals surface area contributed by atoms with Gasteiger partial charge >= 0.3 is 0 Å². The molecule has 0 heterocycles. The Morgan fingerprint density at radius 3 is 2.32 bits per heavy atom. The first-order valence-electron chi connectivity index (χ1n) is 8.48. The van der Waals surface area contributed by atoms with Gasteiger partial charge < -0.3 is 10.1 Å². The van der Waals surface area contributed by atoms with Gasteiger partial charge in [0, 0.05) is 9.92 Å². The van der Waals surface area contributed by atoms with Crippen LogP contribution < -0.4 is 10.1 Å². The molecule has 2 aromatic rings. The number of benzene rings is 2. The molecule has 2 atom stereocenters. The van der Waals surface area contributed by atoms with Gasteiger partial charge in [0.2, 0.25) is 5.91 Å². The van der Waals surface area contributed by atoms with E-state index in [-0.39, 0.29) is 17.2 Å². The lowest BCUT2D eigenvalue weighted by atomic mass is 10.1. The van der Waals surface area contributed by atoms with E-state index in [1.165, 1.54) is 0 Å². The molecule has 0 aliphatic carbocycles. The van der Waals surface area contributed by atoms with Crippen LogP contribution in [0.2, 0.25) is 5.02 Å². The summed E-state index contributed by atoms with van der Waals surface area (Å²) in [6.45, 7) is 6.62. The summed E-state index contributed by atoms with van der Waals surface area (Å²) in [7, 11) is 0. The van der Waals surface area contributed by atoms with Crippen LogP contribution >= 0.6 is 23.4 Å². The smallest absolute Gasteiger partial charge is 0.233 e. The number of amides is 1. The SMILES string of the molecule is CCOc1ccc([C@H](C)NC(=O)[C@H](CC)Sc2ccc(Cl)cc2)cc1. The molecule has 0 aromatic heterocycles. The van der Waals surface area contributed by atoms with Gasteiger partial charge in [0.25, 0.3) is 0 Å². The second-order valence-corrected chi connectivity index (χ2v) is 7.41. The third-order valence-electron chi connectivity index (χ3n) is 3.81. The molecule has 0 spiro atoms. The molecule has 0 saturated heterocycles. The molecular weight excluding hydrogens is 354 g/mol. The minimum absolute atomic E-state index is 0.0452. The van der Waals surface area contributed by atoms with Crippen LogP contribution in [0.4, 0.5) is 0 Å². The molecule has 2 rings (SSSR count). The van der Waals surface area contributed by atoms with Gasteiger partial charge in [-0.15, -0.1) is 11.8 Å². The molecule has 1 amide bonds. The fourth-order valence-electron chi connectivity index (χ4n) is 2.41. The highest BCUT2D eigenvalue weighted by molar-refractivity contribution is 8.00. The highest BCUT2D eigenvalue weighted by Gasteiger charge is 2.20. The van der Waals surface area contributed by atoms with E-state index in [0.717, 1.165) is 22.6 Å². The molecular formula is C20H24ClNO2S. The first-order valence-corrected chi connectivity index (χ1v) is 9.74. The maximum Gasteiger partial charge on any atom is 0.233 e. The van der Waals surface area contributed by atoms with Crippen molar-refractivity contribution in [2.45, 2.75) is 43.4 Å². The summed E-state index contributed by atoms with van der Waals surface area (Å²) in [6.07, 6.45) is 0.759. The van der Waals surface area contributed by atoms with Crippen molar-refractivity contribution in [3.8, 4) is 5.75 Å². The number of carbonyl (C=O) groups is 1. The second kappa shape index (κ2) is 9.73. The number of ether oxygens (including phenoxy) is 1. The Kier molecular flexibility index (Phi) is 7.66. The second-order valence-electron chi connectivity index (χ2n) is 5.70. The third-order valence-corrected chi connectivity index (χ3v) is 5.43. The van der Waals surface area contributed by atoms with Gasteiger partial charge in [-0.1, -0.05) is 30.7 Å². The topological polar surface area (TPSA) is 38.3 Å². The zero-order valence-corrected chi connectivity index (χ0v) is 16.4. The predicted molar refractivity (Wildman–Crippen MR) is 106 cm³/mol. The summed E-state index contributed by atoms with van der Waals surface area (Å²) < 4.78 is 5.45. The summed E-state index contributed by atoms with van der Waals surface area (Å²) in [6, 6.07) is 15.4. The third kappa shape index (κ3) is 5.98. The van der Waals surface area contributed by atoms with Crippen molar-refractivity contribution in [1.29, 1.82) is 0 Å². The molecule has 0 radical (unpaired) electrons. The number of hydrogen-bond donors (Lipinski definition) is 1. The molecule has 0 fully saturated rings. The molecule has 0 aliphatic heterocycles. The average Bonchev–Trinajstić information content (AvgIpc) is 2.62. The molecule has 1 N–H and O–H groups in total. The van der Waals surface area contributed by atoms with Crippen molar-refractivity contribution in [2.24, 2.45) is 0 Å². The molecule has 5 heteroatoms. The standard InChI is InChI=1S/C20H24ClNO2S/c1-4-19(25-18-12-8-16(21)9-13-18)20(23)22-14(3)15-6-10-17(11-7-15)24-5-2/h6-14,19H,4-5H2,1-3H3,(H,22,23)/t14-,19-/m0/s1.